The number of thioether (sulfide) groups is 1. The highest BCUT2D eigenvalue weighted by atomic mass is 32.2. The lowest BCUT2D eigenvalue weighted by Crippen LogP contribution is -2.46. The van der Waals surface area contributed by atoms with Crippen LogP contribution in [0.2, 0.25) is 0 Å². The van der Waals surface area contributed by atoms with Crippen molar-refractivity contribution in [3.63, 3.8) is 0 Å². The second-order valence-electron chi connectivity index (χ2n) is 9.87. The molecule has 1 fully saturated rings. The Hall–Kier alpha value is -1.42. The molecule has 1 spiro atoms. The van der Waals surface area contributed by atoms with E-state index in [0.29, 0.717) is 18.6 Å². The van der Waals surface area contributed by atoms with Gasteiger partial charge >= 0.3 is 0 Å². The van der Waals surface area contributed by atoms with Crippen molar-refractivity contribution in [3.8, 4) is 0 Å². The van der Waals surface area contributed by atoms with Gasteiger partial charge in [-0.25, -0.2) is 0 Å². The molecule has 3 nitrogen and oxygen atoms in total. The largest absolute Gasteiger partial charge is 0.299 e. The lowest BCUT2D eigenvalue weighted by Gasteiger charge is -2.52. The molecule has 0 aromatic rings. The fourth-order valence-corrected chi connectivity index (χ4v) is 8.11. The maximum Gasteiger partial charge on any atom is 0.186 e. The van der Waals surface area contributed by atoms with E-state index in [1.165, 1.54) is 34.1 Å². The van der Waals surface area contributed by atoms with Gasteiger partial charge in [0.25, 0.3) is 0 Å². The molecule has 1 saturated carbocycles. The van der Waals surface area contributed by atoms with Crippen molar-refractivity contribution in [1.29, 1.82) is 0 Å². The Bertz CT molecular complexity index is 922. The van der Waals surface area contributed by atoms with Crippen LogP contribution in [0.3, 0.4) is 0 Å². The number of hydrogen-bond donors (Lipinski definition) is 0. The van der Waals surface area contributed by atoms with Crippen LogP contribution in [0.1, 0.15) is 72.1 Å². The van der Waals surface area contributed by atoms with Gasteiger partial charge in [-0.05, 0) is 61.2 Å². The quantitative estimate of drug-likeness (QED) is 0.618. The fourth-order valence-electron chi connectivity index (χ4n) is 7.06. The van der Waals surface area contributed by atoms with Crippen molar-refractivity contribution in [2.75, 3.05) is 0 Å². The van der Waals surface area contributed by atoms with Crippen LogP contribution in [-0.4, -0.2) is 21.9 Å². The van der Waals surface area contributed by atoms with Crippen molar-refractivity contribution in [2.24, 2.45) is 16.2 Å². The van der Waals surface area contributed by atoms with Crippen molar-refractivity contribution in [1.82, 2.24) is 0 Å². The second kappa shape index (κ2) is 5.81. The van der Waals surface area contributed by atoms with E-state index in [-0.39, 0.29) is 32.4 Å². The first-order valence-electron chi connectivity index (χ1n) is 10.6. The van der Waals surface area contributed by atoms with E-state index >= 15 is 0 Å². The Morgan fingerprint density at radius 1 is 1.11 bits per heavy atom. The molecule has 0 bridgehead atoms. The molecule has 148 valence electrons. The van der Waals surface area contributed by atoms with Gasteiger partial charge < -0.3 is 0 Å². The molecule has 0 aliphatic heterocycles. The summed E-state index contributed by atoms with van der Waals surface area (Å²) >= 11 is 1.40. The van der Waals surface area contributed by atoms with Gasteiger partial charge in [0.05, 0.1) is 5.41 Å². The highest BCUT2D eigenvalue weighted by Crippen LogP contribution is 2.70. The van der Waals surface area contributed by atoms with Gasteiger partial charge in [-0.15, -0.1) is 0 Å². The summed E-state index contributed by atoms with van der Waals surface area (Å²) in [6.07, 6.45) is 10.9. The van der Waals surface area contributed by atoms with Crippen LogP contribution in [0.5, 0.6) is 0 Å². The lowest BCUT2D eigenvalue weighted by molar-refractivity contribution is -0.127. The van der Waals surface area contributed by atoms with E-state index in [4.69, 9.17) is 0 Å². The minimum atomic E-state index is -0.330. The Labute approximate surface area is 171 Å². The number of hydrogen-bond acceptors (Lipinski definition) is 4. The van der Waals surface area contributed by atoms with Gasteiger partial charge in [0.2, 0.25) is 0 Å². The monoisotopic (exact) mass is 396 g/mol. The Morgan fingerprint density at radius 3 is 2.64 bits per heavy atom. The van der Waals surface area contributed by atoms with Gasteiger partial charge in [0, 0.05) is 30.4 Å². The molecule has 0 amide bonds. The van der Waals surface area contributed by atoms with E-state index in [9.17, 15) is 14.4 Å². The Morgan fingerprint density at radius 2 is 1.89 bits per heavy atom. The third kappa shape index (κ3) is 2.16. The molecule has 5 aliphatic carbocycles. The first kappa shape index (κ1) is 18.6. The molecule has 4 heteroatoms. The summed E-state index contributed by atoms with van der Waals surface area (Å²) < 4.78 is 0. The second-order valence-corrected chi connectivity index (χ2v) is 11.3. The van der Waals surface area contributed by atoms with E-state index in [0.717, 1.165) is 38.5 Å². The zero-order chi connectivity index (χ0) is 19.9. The molecule has 2 unspecified atom stereocenters. The van der Waals surface area contributed by atoms with E-state index < -0.39 is 0 Å². The van der Waals surface area contributed by atoms with E-state index in [1.54, 1.807) is 6.92 Å². The van der Waals surface area contributed by atoms with Crippen LogP contribution in [-0.2, 0) is 14.4 Å². The van der Waals surface area contributed by atoms with Crippen LogP contribution in [0, 0.1) is 16.2 Å². The standard InChI is InChI=1S/C24H28O3S/c1-14(25)28-19-13-15-12-16(26)4-10-23(15,3)17-6-11-24-18(21(17)19)5-8-22(24,2)9-7-20(24)27/h5,12,19H,4,6-11,13H2,1-3H3/t19-,22+,23?,24?/m1/s1. The number of fused-ring (bicyclic) bond motifs is 3. The highest BCUT2D eigenvalue weighted by Gasteiger charge is 2.64. The van der Waals surface area contributed by atoms with Gasteiger partial charge in [0.15, 0.2) is 10.9 Å². The zero-order valence-corrected chi connectivity index (χ0v) is 17.8. The molecule has 0 aromatic carbocycles. The van der Waals surface area contributed by atoms with Gasteiger partial charge in [-0.3, -0.25) is 14.4 Å². The van der Waals surface area contributed by atoms with Crippen molar-refractivity contribution in [3.05, 3.63) is 34.4 Å². The Balaban J connectivity index is 1.72. The molecular formula is C24H28O3S. The highest BCUT2D eigenvalue weighted by molar-refractivity contribution is 8.14. The van der Waals surface area contributed by atoms with Crippen LogP contribution in [0.15, 0.2) is 34.4 Å². The molecule has 28 heavy (non-hydrogen) atoms. The topological polar surface area (TPSA) is 51.2 Å². The minimum absolute atomic E-state index is 0.0388. The SMILES string of the molecule is CC(=O)S[C@@H]1CC2=CC(=O)CCC2(C)C2=C1C1=CC[C@@]3(C)CCC(=O)C13CC2. The Kier molecular flexibility index (Phi) is 3.86. The summed E-state index contributed by atoms with van der Waals surface area (Å²) in [6.45, 7) is 6.22. The number of ketones is 2. The van der Waals surface area contributed by atoms with Crippen LogP contribution in [0.4, 0.5) is 0 Å². The third-order valence-corrected chi connectivity index (χ3v) is 9.63. The number of allylic oxidation sites excluding steroid dienone is 5. The normalized spacial score (nSPS) is 41.8. The summed E-state index contributed by atoms with van der Waals surface area (Å²) in [6, 6.07) is 0. The molecule has 0 N–H and O–H groups in total. The summed E-state index contributed by atoms with van der Waals surface area (Å²) in [5, 5.41) is 0.152. The molecule has 5 aliphatic rings. The molecule has 5 rings (SSSR count). The van der Waals surface area contributed by atoms with Crippen LogP contribution < -0.4 is 0 Å². The third-order valence-electron chi connectivity index (χ3n) is 8.61. The minimum Gasteiger partial charge on any atom is -0.299 e. The first-order chi connectivity index (χ1) is 13.2. The van der Waals surface area contributed by atoms with Gasteiger partial charge in [-0.2, -0.15) is 0 Å². The lowest BCUT2D eigenvalue weighted by atomic mass is 9.52. The van der Waals surface area contributed by atoms with Crippen LogP contribution in [0.25, 0.3) is 0 Å². The maximum atomic E-state index is 13.2. The van der Waals surface area contributed by atoms with Crippen molar-refractivity contribution >= 4 is 28.4 Å². The summed E-state index contributed by atoms with van der Waals surface area (Å²) in [5.74, 6) is 0.635. The predicted octanol–water partition coefficient (Wildman–Crippen LogP) is 5.11. The summed E-state index contributed by atoms with van der Waals surface area (Å²) in [5.41, 5.74) is 4.81. The molecule has 4 atom stereocenters. The van der Waals surface area contributed by atoms with Gasteiger partial charge in [0.1, 0.15) is 5.78 Å². The molecule has 0 aromatic heterocycles. The van der Waals surface area contributed by atoms with Crippen LogP contribution >= 0.6 is 11.8 Å². The van der Waals surface area contributed by atoms with Crippen molar-refractivity contribution in [2.45, 2.75) is 77.4 Å². The molecule has 0 heterocycles. The zero-order valence-electron chi connectivity index (χ0n) is 17.0. The summed E-state index contributed by atoms with van der Waals surface area (Å²) in [7, 11) is 0. The molecule has 0 saturated heterocycles. The number of rotatable bonds is 1. The predicted molar refractivity (Wildman–Crippen MR) is 111 cm³/mol. The van der Waals surface area contributed by atoms with Gasteiger partial charge in [-0.1, -0.05) is 42.8 Å². The number of carbonyl (C=O) groups is 3. The average Bonchev–Trinajstić information content (AvgIpc) is 3.07. The number of Topliss-reactive ketones (excluding diaryl/α,β-unsaturated/α-hetero) is 1. The smallest absolute Gasteiger partial charge is 0.186 e. The fraction of sp³-hybridized carbons (Fsp3) is 0.625. The molecule has 0 radical (unpaired) electrons. The first-order valence-corrected chi connectivity index (χ1v) is 11.5. The average molecular weight is 397 g/mol. The summed E-state index contributed by atoms with van der Waals surface area (Å²) in [4.78, 5) is 37.5. The maximum absolute atomic E-state index is 13.2. The van der Waals surface area contributed by atoms with Crippen molar-refractivity contribution < 1.29 is 14.4 Å². The van der Waals surface area contributed by atoms with E-state index in [2.05, 4.69) is 19.9 Å². The molecular weight excluding hydrogens is 368 g/mol. The van der Waals surface area contributed by atoms with E-state index in [1.807, 2.05) is 6.08 Å². The number of carbonyl (C=O) groups excluding carboxylic acids is 3.